The summed E-state index contributed by atoms with van der Waals surface area (Å²) in [5.74, 6) is -0.657. The second kappa shape index (κ2) is 9.67. The summed E-state index contributed by atoms with van der Waals surface area (Å²) in [5.41, 5.74) is 0.297. The Labute approximate surface area is 194 Å². The van der Waals surface area contributed by atoms with Crippen molar-refractivity contribution in [3.63, 3.8) is 0 Å². The van der Waals surface area contributed by atoms with Crippen molar-refractivity contribution in [3.8, 4) is 17.5 Å². The number of amides is 2. The Bertz CT molecular complexity index is 1040. The first-order valence-electron chi connectivity index (χ1n) is 9.94. The van der Waals surface area contributed by atoms with Crippen LogP contribution in [-0.2, 0) is 9.47 Å². The van der Waals surface area contributed by atoms with Gasteiger partial charge in [0.25, 0.3) is 0 Å². The van der Waals surface area contributed by atoms with Crippen LogP contribution in [0.5, 0.6) is 0 Å². The molecule has 170 valence electrons. The SMILES string of the molecule is COC[C@@H]1C[C@@H](NC(=O)c2nnc(-c3cc(C#N)ccc3Br)o2)CN1C(=O)OC(C)(C)C. The molecule has 2 aromatic rings. The van der Waals surface area contributed by atoms with Crippen LogP contribution in [0, 0.1) is 11.3 Å². The topological polar surface area (TPSA) is 131 Å². The molecule has 1 N–H and O–H groups in total. The van der Waals surface area contributed by atoms with Crippen molar-refractivity contribution in [1.82, 2.24) is 20.4 Å². The molecule has 0 aliphatic carbocycles. The normalized spacial score (nSPS) is 18.3. The maximum atomic E-state index is 12.7. The van der Waals surface area contributed by atoms with Crippen molar-refractivity contribution in [2.24, 2.45) is 0 Å². The molecule has 32 heavy (non-hydrogen) atoms. The van der Waals surface area contributed by atoms with Crippen molar-refractivity contribution in [2.75, 3.05) is 20.3 Å². The highest BCUT2D eigenvalue weighted by molar-refractivity contribution is 9.10. The highest BCUT2D eigenvalue weighted by Crippen LogP contribution is 2.28. The van der Waals surface area contributed by atoms with Gasteiger partial charge >= 0.3 is 17.9 Å². The van der Waals surface area contributed by atoms with E-state index in [0.29, 0.717) is 28.6 Å². The summed E-state index contributed by atoms with van der Waals surface area (Å²) in [7, 11) is 1.55. The predicted octanol–water partition coefficient (Wildman–Crippen LogP) is 3.12. The number of ether oxygens (including phenoxy) is 2. The molecule has 0 spiro atoms. The van der Waals surface area contributed by atoms with Gasteiger partial charge in [0.1, 0.15) is 5.60 Å². The van der Waals surface area contributed by atoms with Crippen molar-refractivity contribution in [2.45, 2.75) is 44.9 Å². The summed E-state index contributed by atoms with van der Waals surface area (Å²) in [6, 6.07) is 6.40. The van der Waals surface area contributed by atoms with E-state index in [-0.39, 0.29) is 30.4 Å². The van der Waals surface area contributed by atoms with E-state index < -0.39 is 17.6 Å². The largest absolute Gasteiger partial charge is 0.444 e. The molecule has 0 bridgehead atoms. The molecule has 1 fully saturated rings. The van der Waals surface area contributed by atoms with Gasteiger partial charge in [0.2, 0.25) is 5.89 Å². The zero-order chi connectivity index (χ0) is 23.5. The van der Waals surface area contributed by atoms with E-state index in [4.69, 9.17) is 19.2 Å². The lowest BCUT2D eigenvalue weighted by molar-refractivity contribution is 0.0146. The highest BCUT2D eigenvalue weighted by Gasteiger charge is 2.38. The molecule has 10 nitrogen and oxygen atoms in total. The minimum Gasteiger partial charge on any atom is -0.444 e. The molecule has 2 amide bonds. The van der Waals surface area contributed by atoms with Gasteiger partial charge in [0.05, 0.1) is 29.8 Å². The molecule has 2 heterocycles. The molecule has 1 aromatic carbocycles. The Kier molecular flexibility index (Phi) is 7.16. The summed E-state index contributed by atoms with van der Waals surface area (Å²) < 4.78 is 16.9. The molecule has 1 saturated heterocycles. The minimum absolute atomic E-state index is 0.109. The molecule has 1 aromatic heterocycles. The van der Waals surface area contributed by atoms with Gasteiger partial charge in [-0.1, -0.05) is 0 Å². The number of carbonyl (C=O) groups is 2. The van der Waals surface area contributed by atoms with Gasteiger partial charge in [-0.3, -0.25) is 4.79 Å². The molecule has 0 unspecified atom stereocenters. The molecule has 3 rings (SSSR count). The van der Waals surface area contributed by atoms with Crippen molar-refractivity contribution in [3.05, 3.63) is 34.1 Å². The lowest BCUT2D eigenvalue weighted by Crippen LogP contribution is -2.43. The van der Waals surface area contributed by atoms with Crippen LogP contribution in [0.1, 0.15) is 43.4 Å². The van der Waals surface area contributed by atoms with Crippen LogP contribution in [0.4, 0.5) is 4.79 Å². The molecule has 1 aliphatic heterocycles. The van der Waals surface area contributed by atoms with Crippen LogP contribution in [0.15, 0.2) is 27.1 Å². The average molecular weight is 506 g/mol. The van der Waals surface area contributed by atoms with E-state index in [1.165, 1.54) is 0 Å². The molecule has 0 saturated carbocycles. The van der Waals surface area contributed by atoms with E-state index in [1.54, 1.807) is 51.0 Å². The number of rotatable bonds is 5. The zero-order valence-corrected chi connectivity index (χ0v) is 19.8. The van der Waals surface area contributed by atoms with Crippen molar-refractivity contribution < 1.29 is 23.5 Å². The van der Waals surface area contributed by atoms with Gasteiger partial charge in [-0.15, -0.1) is 10.2 Å². The fourth-order valence-electron chi connectivity index (χ4n) is 3.35. The smallest absolute Gasteiger partial charge is 0.410 e. The Morgan fingerprint density at radius 1 is 1.38 bits per heavy atom. The van der Waals surface area contributed by atoms with Gasteiger partial charge in [-0.25, -0.2) is 4.79 Å². The van der Waals surface area contributed by atoms with Crippen LogP contribution >= 0.6 is 15.9 Å². The fraction of sp³-hybridized carbons (Fsp3) is 0.476. The summed E-state index contributed by atoms with van der Waals surface area (Å²) in [4.78, 5) is 26.8. The molecule has 1 aliphatic rings. The van der Waals surface area contributed by atoms with E-state index in [9.17, 15) is 9.59 Å². The molecular formula is C21H24BrN5O5. The number of hydrogen-bond donors (Lipinski definition) is 1. The zero-order valence-electron chi connectivity index (χ0n) is 18.2. The quantitative estimate of drug-likeness (QED) is 0.655. The van der Waals surface area contributed by atoms with Gasteiger partial charge < -0.3 is 24.1 Å². The predicted molar refractivity (Wildman–Crippen MR) is 117 cm³/mol. The minimum atomic E-state index is -0.632. The number of halogens is 1. The van der Waals surface area contributed by atoms with E-state index in [0.717, 1.165) is 0 Å². The van der Waals surface area contributed by atoms with E-state index in [1.807, 2.05) is 6.07 Å². The summed E-state index contributed by atoms with van der Waals surface area (Å²) in [6.45, 7) is 5.97. The number of carbonyl (C=O) groups excluding carboxylic acids is 2. The Morgan fingerprint density at radius 2 is 2.12 bits per heavy atom. The van der Waals surface area contributed by atoms with E-state index in [2.05, 4.69) is 31.4 Å². The molecular weight excluding hydrogens is 482 g/mol. The molecule has 2 atom stereocenters. The summed E-state index contributed by atoms with van der Waals surface area (Å²) >= 11 is 3.38. The van der Waals surface area contributed by atoms with Crippen LogP contribution in [0.3, 0.4) is 0 Å². The maximum absolute atomic E-state index is 12.7. The third kappa shape index (κ3) is 5.63. The highest BCUT2D eigenvalue weighted by atomic mass is 79.9. The number of likely N-dealkylation sites (tertiary alicyclic amines) is 1. The van der Waals surface area contributed by atoms with Crippen molar-refractivity contribution in [1.29, 1.82) is 5.26 Å². The lowest BCUT2D eigenvalue weighted by atomic mass is 10.1. The number of nitrogens with one attached hydrogen (secondary N) is 1. The van der Waals surface area contributed by atoms with Gasteiger partial charge in [0.15, 0.2) is 0 Å². The average Bonchev–Trinajstić information content (AvgIpc) is 3.35. The maximum Gasteiger partial charge on any atom is 0.410 e. The Morgan fingerprint density at radius 3 is 2.78 bits per heavy atom. The Balaban J connectivity index is 1.70. The number of benzene rings is 1. The van der Waals surface area contributed by atoms with Crippen LogP contribution < -0.4 is 5.32 Å². The Hall–Kier alpha value is -2.97. The van der Waals surface area contributed by atoms with Gasteiger partial charge in [-0.05, 0) is 61.3 Å². The number of aromatic nitrogens is 2. The number of nitriles is 1. The van der Waals surface area contributed by atoms with Gasteiger partial charge in [0, 0.05) is 24.2 Å². The third-order valence-corrected chi connectivity index (χ3v) is 5.37. The monoisotopic (exact) mass is 505 g/mol. The van der Waals surface area contributed by atoms with E-state index >= 15 is 0 Å². The molecule has 0 radical (unpaired) electrons. The van der Waals surface area contributed by atoms with Crippen LogP contribution in [-0.4, -0.2) is 65.0 Å². The first-order valence-corrected chi connectivity index (χ1v) is 10.7. The first-order chi connectivity index (χ1) is 15.1. The second-order valence-electron chi connectivity index (χ2n) is 8.37. The van der Waals surface area contributed by atoms with Crippen LogP contribution in [0.25, 0.3) is 11.5 Å². The summed E-state index contributed by atoms with van der Waals surface area (Å²) in [6.07, 6.45) is 0.0360. The van der Waals surface area contributed by atoms with Gasteiger partial charge in [-0.2, -0.15) is 5.26 Å². The third-order valence-electron chi connectivity index (χ3n) is 4.68. The van der Waals surface area contributed by atoms with Crippen LogP contribution in [0.2, 0.25) is 0 Å². The summed E-state index contributed by atoms with van der Waals surface area (Å²) in [5, 5.41) is 19.7. The first kappa shape index (κ1) is 23.7. The lowest BCUT2D eigenvalue weighted by Gasteiger charge is -2.28. The number of methoxy groups -OCH3 is 1. The fourth-order valence-corrected chi connectivity index (χ4v) is 3.76. The molecule has 11 heteroatoms. The standard InChI is InChI=1S/C21H24BrN5O5/c1-21(2,3)32-20(29)27-10-13(8-14(27)11-30-4)24-17(28)19-26-25-18(31-19)15-7-12(9-23)5-6-16(15)22/h5-7,13-14H,8,10-11H2,1-4H3,(H,24,28)/t13-,14+/m1/s1. The van der Waals surface area contributed by atoms with Crippen molar-refractivity contribution >= 4 is 27.9 Å². The number of hydrogen-bond acceptors (Lipinski definition) is 8. The number of nitrogens with zero attached hydrogens (tertiary/aromatic N) is 4. The second-order valence-corrected chi connectivity index (χ2v) is 9.22.